The fourth-order valence-corrected chi connectivity index (χ4v) is 3.16. The fraction of sp³-hybridized carbons (Fsp3) is 1.00. The summed E-state index contributed by atoms with van der Waals surface area (Å²) in [4.78, 5) is 0. The van der Waals surface area contributed by atoms with Crippen molar-refractivity contribution in [1.29, 1.82) is 0 Å². The van der Waals surface area contributed by atoms with Crippen molar-refractivity contribution < 1.29 is 8.42 Å². The quantitative estimate of drug-likeness (QED) is 0.830. The molecule has 0 unspecified atom stereocenters. The van der Waals surface area contributed by atoms with Crippen molar-refractivity contribution in [3.8, 4) is 0 Å². The van der Waals surface area contributed by atoms with E-state index in [0.717, 1.165) is 19.4 Å². The van der Waals surface area contributed by atoms with Gasteiger partial charge in [0.05, 0.1) is 0 Å². The first kappa shape index (κ1) is 15.9. The second-order valence-electron chi connectivity index (χ2n) is 6.26. The molecule has 18 heavy (non-hydrogen) atoms. The van der Waals surface area contributed by atoms with Crippen molar-refractivity contribution in [2.24, 2.45) is 5.92 Å². The molecule has 1 N–H and O–H groups in total. The standard InChI is InChI=1S/C12H27N3O2S/c1-12(2,3)13-10-11-6-8-15(9-7-11)18(16,17)14(4)5/h11,13H,6-10H2,1-5H3. The summed E-state index contributed by atoms with van der Waals surface area (Å²) >= 11 is 0. The van der Waals surface area contributed by atoms with Crippen LogP contribution in [-0.2, 0) is 10.2 Å². The highest BCUT2D eigenvalue weighted by Crippen LogP contribution is 2.20. The van der Waals surface area contributed by atoms with Crippen LogP contribution < -0.4 is 5.32 Å². The van der Waals surface area contributed by atoms with E-state index in [4.69, 9.17) is 0 Å². The highest BCUT2D eigenvalue weighted by atomic mass is 32.2. The zero-order valence-corrected chi connectivity index (χ0v) is 13.0. The number of hydrogen-bond donors (Lipinski definition) is 1. The Balaban J connectivity index is 2.42. The van der Waals surface area contributed by atoms with Gasteiger partial charge in [-0.15, -0.1) is 0 Å². The molecule has 0 aromatic rings. The Labute approximate surface area is 112 Å². The molecule has 0 aliphatic carbocycles. The minimum Gasteiger partial charge on any atom is -0.312 e. The second kappa shape index (κ2) is 5.86. The SMILES string of the molecule is CN(C)S(=O)(=O)N1CCC(CNC(C)(C)C)CC1. The van der Waals surface area contributed by atoms with Gasteiger partial charge in [-0.05, 0) is 46.1 Å². The topological polar surface area (TPSA) is 52.7 Å². The molecule has 0 bridgehead atoms. The highest BCUT2D eigenvalue weighted by Gasteiger charge is 2.29. The number of nitrogens with zero attached hydrogens (tertiary/aromatic N) is 2. The Kier molecular flexibility index (Phi) is 5.17. The van der Waals surface area contributed by atoms with Crippen LogP contribution in [0.2, 0.25) is 0 Å². The van der Waals surface area contributed by atoms with Crippen molar-refractivity contribution in [1.82, 2.24) is 13.9 Å². The maximum absolute atomic E-state index is 11.9. The van der Waals surface area contributed by atoms with E-state index in [1.54, 1.807) is 18.4 Å². The largest absolute Gasteiger partial charge is 0.312 e. The Morgan fingerprint density at radius 3 is 2.11 bits per heavy atom. The fourth-order valence-electron chi connectivity index (χ4n) is 2.03. The molecule has 108 valence electrons. The van der Waals surface area contributed by atoms with Gasteiger partial charge in [0, 0.05) is 32.7 Å². The lowest BCUT2D eigenvalue weighted by Crippen LogP contribution is -2.47. The number of rotatable bonds is 4. The summed E-state index contributed by atoms with van der Waals surface area (Å²) in [5, 5.41) is 3.49. The third-order valence-electron chi connectivity index (χ3n) is 3.28. The van der Waals surface area contributed by atoms with E-state index >= 15 is 0 Å². The predicted molar refractivity (Wildman–Crippen MR) is 74.7 cm³/mol. The van der Waals surface area contributed by atoms with Gasteiger partial charge < -0.3 is 5.32 Å². The Morgan fingerprint density at radius 2 is 1.72 bits per heavy atom. The molecule has 0 spiro atoms. The van der Waals surface area contributed by atoms with Gasteiger partial charge in [-0.3, -0.25) is 0 Å². The third-order valence-corrected chi connectivity index (χ3v) is 5.22. The van der Waals surface area contributed by atoms with Gasteiger partial charge in [0.2, 0.25) is 0 Å². The Bertz CT molecular complexity index is 352. The van der Waals surface area contributed by atoms with Gasteiger partial charge in [-0.1, -0.05) is 0 Å². The van der Waals surface area contributed by atoms with Gasteiger partial charge in [0.1, 0.15) is 0 Å². The lowest BCUT2D eigenvalue weighted by atomic mass is 9.97. The van der Waals surface area contributed by atoms with Crippen molar-refractivity contribution in [3.63, 3.8) is 0 Å². The lowest BCUT2D eigenvalue weighted by Gasteiger charge is -2.34. The van der Waals surface area contributed by atoms with E-state index < -0.39 is 10.2 Å². The summed E-state index contributed by atoms with van der Waals surface area (Å²) in [7, 11) is -0.0487. The molecule has 0 atom stereocenters. The molecule has 0 amide bonds. The molecule has 0 aromatic carbocycles. The van der Waals surface area contributed by atoms with E-state index in [-0.39, 0.29) is 5.54 Å². The molecule has 6 heteroatoms. The van der Waals surface area contributed by atoms with Crippen LogP contribution in [0.25, 0.3) is 0 Å². The lowest BCUT2D eigenvalue weighted by molar-refractivity contribution is 0.244. The first-order valence-corrected chi connectivity index (χ1v) is 7.95. The van der Waals surface area contributed by atoms with Crippen LogP contribution in [0.15, 0.2) is 0 Å². The van der Waals surface area contributed by atoms with Crippen LogP contribution in [0.3, 0.4) is 0 Å². The average Bonchev–Trinajstić information content (AvgIpc) is 2.26. The maximum Gasteiger partial charge on any atom is 0.281 e. The van der Waals surface area contributed by atoms with Gasteiger partial charge in [-0.25, -0.2) is 0 Å². The zero-order chi connectivity index (χ0) is 14.0. The minimum absolute atomic E-state index is 0.132. The van der Waals surface area contributed by atoms with E-state index in [9.17, 15) is 8.42 Å². The van der Waals surface area contributed by atoms with Gasteiger partial charge >= 0.3 is 0 Å². The summed E-state index contributed by atoms with van der Waals surface area (Å²) in [5.41, 5.74) is 0.132. The zero-order valence-electron chi connectivity index (χ0n) is 12.2. The summed E-state index contributed by atoms with van der Waals surface area (Å²) in [6.45, 7) is 8.70. The molecule has 1 aliphatic rings. The first-order valence-electron chi connectivity index (χ1n) is 6.55. The molecular formula is C12H27N3O2S. The maximum atomic E-state index is 11.9. The normalized spacial score (nSPS) is 20.6. The van der Waals surface area contributed by atoms with Gasteiger partial charge in [-0.2, -0.15) is 17.0 Å². The van der Waals surface area contributed by atoms with Crippen molar-refractivity contribution in [2.45, 2.75) is 39.2 Å². The van der Waals surface area contributed by atoms with Gasteiger partial charge in [0.15, 0.2) is 0 Å². The molecular weight excluding hydrogens is 250 g/mol. The highest BCUT2D eigenvalue weighted by molar-refractivity contribution is 7.86. The predicted octanol–water partition coefficient (Wildman–Crippen LogP) is 0.893. The summed E-state index contributed by atoms with van der Waals surface area (Å²) < 4.78 is 26.8. The van der Waals surface area contributed by atoms with E-state index in [1.165, 1.54) is 4.31 Å². The average molecular weight is 277 g/mol. The van der Waals surface area contributed by atoms with Crippen LogP contribution in [0.5, 0.6) is 0 Å². The summed E-state index contributed by atoms with van der Waals surface area (Å²) in [5.74, 6) is 0.581. The van der Waals surface area contributed by atoms with Crippen molar-refractivity contribution >= 4 is 10.2 Å². The molecule has 0 aromatic heterocycles. The summed E-state index contributed by atoms with van der Waals surface area (Å²) in [6, 6.07) is 0. The number of piperidine rings is 1. The van der Waals surface area contributed by atoms with Crippen LogP contribution in [0.1, 0.15) is 33.6 Å². The molecule has 0 radical (unpaired) electrons. The van der Waals surface area contributed by atoms with Crippen LogP contribution in [0, 0.1) is 5.92 Å². The van der Waals surface area contributed by atoms with Crippen molar-refractivity contribution in [2.75, 3.05) is 33.7 Å². The molecule has 0 saturated carbocycles. The van der Waals surface area contributed by atoms with Crippen LogP contribution in [0.4, 0.5) is 0 Å². The number of hydrogen-bond acceptors (Lipinski definition) is 3. The van der Waals surface area contributed by atoms with Crippen molar-refractivity contribution in [3.05, 3.63) is 0 Å². The monoisotopic (exact) mass is 277 g/mol. The minimum atomic E-state index is -3.22. The van der Waals surface area contributed by atoms with Crippen LogP contribution in [-0.4, -0.2) is 56.3 Å². The van der Waals surface area contributed by atoms with E-state index in [1.807, 2.05) is 0 Å². The van der Waals surface area contributed by atoms with Crippen LogP contribution >= 0.6 is 0 Å². The van der Waals surface area contributed by atoms with Gasteiger partial charge in [0.25, 0.3) is 10.2 Å². The molecule has 1 rings (SSSR count). The van der Waals surface area contributed by atoms with E-state index in [0.29, 0.717) is 19.0 Å². The number of nitrogens with one attached hydrogen (secondary N) is 1. The Morgan fingerprint density at radius 1 is 1.22 bits per heavy atom. The first-order chi connectivity index (χ1) is 8.13. The molecule has 1 fully saturated rings. The van der Waals surface area contributed by atoms with E-state index in [2.05, 4.69) is 26.1 Å². The third kappa shape index (κ3) is 4.50. The molecule has 1 aliphatic heterocycles. The Hall–Kier alpha value is -0.170. The molecule has 1 heterocycles. The molecule has 5 nitrogen and oxygen atoms in total. The smallest absolute Gasteiger partial charge is 0.281 e. The molecule has 1 saturated heterocycles. The summed E-state index contributed by atoms with van der Waals surface area (Å²) in [6.07, 6.45) is 1.88. The second-order valence-corrected chi connectivity index (χ2v) is 8.41.